The molecule has 3 N–H and O–H groups in total. The van der Waals surface area contributed by atoms with E-state index < -0.39 is 18.2 Å². The number of amides is 1. The molecule has 0 spiro atoms. The molecular weight excluding hydrogens is 743 g/mol. The maximum Gasteiger partial charge on any atom is 0.306 e. The number of aliphatic hydroxyl groups excluding tert-OH is 2. The lowest BCUT2D eigenvalue weighted by Crippen LogP contribution is -2.46. The third-order valence-corrected chi connectivity index (χ3v) is 12.0. The maximum absolute atomic E-state index is 13.2. The molecule has 3 atom stereocenters. The molecule has 0 rings (SSSR count). The average Bonchev–Trinajstić information content (AvgIpc) is 3.24. The third kappa shape index (κ3) is 42.8. The fraction of sp³-hybridized carbons (Fsp3) is 0.852. The molecule has 0 bridgehead atoms. The number of carbonyl (C=O) groups is 2. The number of carbonyl (C=O) groups excluding carboxylic acids is 2. The lowest BCUT2D eigenvalue weighted by molar-refractivity contribution is -0.151. The van der Waals surface area contributed by atoms with Gasteiger partial charge < -0.3 is 20.3 Å². The van der Waals surface area contributed by atoms with Gasteiger partial charge in [0.05, 0.1) is 25.2 Å². The van der Waals surface area contributed by atoms with E-state index in [0.29, 0.717) is 19.3 Å². The SMILES string of the molecule is CC/C=C/C=C/C=C\CCCCCCCC(=O)OC(CCCCCCCCCCCCCCC)CC(=O)NC(CO)C(O)CCCCCCCCCCCCCCCCC. The first-order chi connectivity index (χ1) is 29.5. The Kier molecular flexibility index (Phi) is 46.6. The van der Waals surface area contributed by atoms with Crippen molar-refractivity contribution in [3.63, 3.8) is 0 Å². The van der Waals surface area contributed by atoms with Crippen molar-refractivity contribution in [2.24, 2.45) is 0 Å². The lowest BCUT2D eigenvalue weighted by atomic mass is 10.0. The van der Waals surface area contributed by atoms with Crippen LogP contribution in [0.5, 0.6) is 0 Å². The van der Waals surface area contributed by atoms with Gasteiger partial charge in [0.15, 0.2) is 0 Å². The molecule has 0 aromatic carbocycles. The number of ether oxygens (including phenoxy) is 1. The van der Waals surface area contributed by atoms with E-state index in [9.17, 15) is 19.8 Å². The van der Waals surface area contributed by atoms with Gasteiger partial charge in [-0.25, -0.2) is 0 Å². The first-order valence-corrected chi connectivity index (χ1v) is 26.2. The molecular formula is C54H101NO5. The van der Waals surface area contributed by atoms with Crippen molar-refractivity contribution in [1.29, 1.82) is 0 Å². The predicted molar refractivity (Wildman–Crippen MR) is 259 cm³/mol. The van der Waals surface area contributed by atoms with Gasteiger partial charge in [0.1, 0.15) is 6.10 Å². The van der Waals surface area contributed by atoms with Crippen LogP contribution in [0, 0.1) is 0 Å². The Labute approximate surface area is 373 Å². The first-order valence-electron chi connectivity index (χ1n) is 26.2. The number of rotatable bonds is 47. The summed E-state index contributed by atoms with van der Waals surface area (Å²) < 4.78 is 5.93. The van der Waals surface area contributed by atoms with Crippen LogP contribution in [0.1, 0.15) is 271 Å². The molecule has 0 aromatic heterocycles. The first kappa shape index (κ1) is 58.1. The normalized spacial score (nSPS) is 13.5. The summed E-state index contributed by atoms with van der Waals surface area (Å²) in [5, 5.41) is 23.8. The number of esters is 1. The summed E-state index contributed by atoms with van der Waals surface area (Å²) in [5.41, 5.74) is 0. The summed E-state index contributed by atoms with van der Waals surface area (Å²) in [7, 11) is 0. The lowest BCUT2D eigenvalue weighted by Gasteiger charge is -2.24. The Morgan fingerprint density at radius 3 is 1.35 bits per heavy atom. The second kappa shape index (κ2) is 48.1. The molecule has 0 aliphatic heterocycles. The quantitative estimate of drug-likeness (QED) is 0.0322. The van der Waals surface area contributed by atoms with Crippen molar-refractivity contribution in [1.82, 2.24) is 5.32 Å². The minimum atomic E-state index is -0.788. The Morgan fingerprint density at radius 1 is 0.500 bits per heavy atom. The minimum absolute atomic E-state index is 0.0732. The molecule has 0 aliphatic carbocycles. The molecule has 6 heteroatoms. The molecule has 3 unspecified atom stereocenters. The molecule has 60 heavy (non-hydrogen) atoms. The Bertz CT molecular complexity index is 993. The van der Waals surface area contributed by atoms with Crippen molar-refractivity contribution in [2.75, 3.05) is 6.61 Å². The number of nitrogens with one attached hydrogen (secondary N) is 1. The molecule has 1 amide bonds. The monoisotopic (exact) mass is 844 g/mol. The number of unbranched alkanes of at least 4 members (excludes halogenated alkanes) is 31. The topological polar surface area (TPSA) is 95.9 Å². The van der Waals surface area contributed by atoms with Gasteiger partial charge in [0, 0.05) is 6.42 Å². The highest BCUT2D eigenvalue weighted by atomic mass is 16.5. The largest absolute Gasteiger partial charge is 0.462 e. The number of aliphatic hydroxyl groups is 2. The molecule has 0 heterocycles. The van der Waals surface area contributed by atoms with Crippen molar-refractivity contribution in [3.05, 3.63) is 36.5 Å². The summed E-state index contributed by atoms with van der Waals surface area (Å²) in [5.74, 6) is -0.486. The fourth-order valence-electron chi connectivity index (χ4n) is 8.08. The second-order valence-corrected chi connectivity index (χ2v) is 18.0. The molecule has 0 aliphatic rings. The van der Waals surface area contributed by atoms with Crippen molar-refractivity contribution >= 4 is 11.9 Å². The van der Waals surface area contributed by atoms with Gasteiger partial charge in [-0.1, -0.05) is 250 Å². The molecule has 6 nitrogen and oxygen atoms in total. The van der Waals surface area contributed by atoms with E-state index in [1.165, 1.54) is 154 Å². The number of hydrogen-bond acceptors (Lipinski definition) is 5. The molecule has 0 radical (unpaired) electrons. The summed E-state index contributed by atoms with van der Waals surface area (Å²) in [6.45, 7) is 6.37. The van der Waals surface area contributed by atoms with Gasteiger partial charge in [-0.15, -0.1) is 0 Å². The van der Waals surface area contributed by atoms with Crippen molar-refractivity contribution in [2.45, 2.75) is 289 Å². The highest BCUT2D eigenvalue weighted by Gasteiger charge is 2.24. The number of hydrogen-bond donors (Lipinski definition) is 3. The zero-order chi connectivity index (χ0) is 43.8. The van der Waals surface area contributed by atoms with Crippen LogP contribution in [0.4, 0.5) is 0 Å². The second-order valence-electron chi connectivity index (χ2n) is 18.0. The van der Waals surface area contributed by atoms with Gasteiger partial charge in [0.2, 0.25) is 5.91 Å². The smallest absolute Gasteiger partial charge is 0.306 e. The van der Waals surface area contributed by atoms with Gasteiger partial charge in [-0.05, 0) is 44.9 Å². The maximum atomic E-state index is 13.2. The minimum Gasteiger partial charge on any atom is -0.462 e. The van der Waals surface area contributed by atoms with E-state index >= 15 is 0 Å². The predicted octanol–water partition coefficient (Wildman–Crippen LogP) is 15.7. The van der Waals surface area contributed by atoms with Crippen molar-refractivity contribution in [3.8, 4) is 0 Å². The Morgan fingerprint density at radius 2 is 0.900 bits per heavy atom. The molecule has 0 saturated heterocycles. The summed E-state index contributed by atoms with van der Waals surface area (Å²) >= 11 is 0. The molecule has 0 saturated carbocycles. The zero-order valence-corrected chi connectivity index (χ0v) is 40.1. The van der Waals surface area contributed by atoms with Gasteiger partial charge in [-0.2, -0.15) is 0 Å². The highest BCUT2D eigenvalue weighted by molar-refractivity contribution is 5.77. The Balaban J connectivity index is 4.54. The van der Waals surface area contributed by atoms with E-state index in [2.05, 4.69) is 62.5 Å². The molecule has 0 fully saturated rings. The van der Waals surface area contributed by atoms with Crippen LogP contribution in [-0.2, 0) is 14.3 Å². The van der Waals surface area contributed by atoms with Crippen LogP contribution < -0.4 is 5.32 Å². The zero-order valence-electron chi connectivity index (χ0n) is 40.1. The van der Waals surface area contributed by atoms with Gasteiger partial charge in [0.25, 0.3) is 0 Å². The highest BCUT2D eigenvalue weighted by Crippen LogP contribution is 2.18. The Hall–Kier alpha value is -1.92. The average molecular weight is 844 g/mol. The summed E-state index contributed by atoms with van der Waals surface area (Å²) in [4.78, 5) is 26.1. The van der Waals surface area contributed by atoms with Crippen molar-refractivity contribution < 1.29 is 24.5 Å². The van der Waals surface area contributed by atoms with Gasteiger partial charge >= 0.3 is 5.97 Å². The number of allylic oxidation sites excluding steroid dienone is 6. The fourth-order valence-corrected chi connectivity index (χ4v) is 8.08. The van der Waals surface area contributed by atoms with E-state index in [-0.39, 0.29) is 24.9 Å². The van der Waals surface area contributed by atoms with Gasteiger partial charge in [-0.3, -0.25) is 9.59 Å². The standard InChI is InChI=1S/C54H101NO5/c1-4-7-10-13-16-19-22-25-26-29-31-34-37-40-43-46-52(57)51(49-56)55-53(58)48-50(45-42-39-36-33-30-27-23-20-17-14-11-8-5-2)60-54(59)47-44-41-38-35-32-28-24-21-18-15-12-9-6-3/h9,12,15,18,21,24,50-52,56-57H,4-8,10-11,13-14,16-17,19-20,22-23,25-49H2,1-3H3,(H,55,58)/b12-9+,18-15+,24-21-. The van der Waals surface area contributed by atoms with E-state index in [4.69, 9.17) is 4.74 Å². The van der Waals surface area contributed by atoms with Crippen LogP contribution in [0.25, 0.3) is 0 Å². The summed E-state index contributed by atoms with van der Waals surface area (Å²) in [6.07, 6.45) is 56.3. The molecule has 352 valence electrons. The van der Waals surface area contributed by atoms with E-state index in [1.54, 1.807) is 0 Å². The third-order valence-electron chi connectivity index (χ3n) is 12.0. The summed E-state index contributed by atoms with van der Waals surface area (Å²) in [6, 6.07) is -0.702. The van der Waals surface area contributed by atoms with E-state index in [1.807, 2.05) is 0 Å². The van der Waals surface area contributed by atoms with Crippen LogP contribution in [0.2, 0.25) is 0 Å². The van der Waals surface area contributed by atoms with E-state index in [0.717, 1.165) is 70.6 Å². The van der Waals surface area contributed by atoms with Crippen LogP contribution in [-0.4, -0.2) is 46.9 Å². The molecule has 0 aromatic rings. The van der Waals surface area contributed by atoms with Crippen LogP contribution in [0.3, 0.4) is 0 Å². The van der Waals surface area contributed by atoms with Crippen LogP contribution in [0.15, 0.2) is 36.5 Å². The van der Waals surface area contributed by atoms with Crippen LogP contribution >= 0.6 is 0 Å².